The van der Waals surface area contributed by atoms with Crippen molar-refractivity contribution in [3.63, 3.8) is 0 Å². The topological polar surface area (TPSA) is 58.2 Å². The molecule has 0 unspecified atom stereocenters. The molecule has 0 aliphatic rings. The normalized spacial score (nSPS) is 11.6. The third-order valence-corrected chi connectivity index (χ3v) is 6.81. The van der Waals surface area contributed by atoms with Crippen LogP contribution in [0, 0.1) is 13.8 Å². The van der Waals surface area contributed by atoms with Gasteiger partial charge in [-0.05, 0) is 60.1 Å². The van der Waals surface area contributed by atoms with Gasteiger partial charge in [-0.25, -0.2) is 8.42 Å². The fraction of sp³-hybridized carbons (Fsp3) is 0.286. The standard InChI is InChI=1S/C14H17BrN2O2S2/c1-9-5-4-6-12(10(9)2)17-21(18,19)13-7-11(8-16-3)20-14(13)15/h4-7,16-17H,8H2,1-3H3. The Morgan fingerprint density at radius 1 is 1.29 bits per heavy atom. The van der Waals surface area contributed by atoms with Gasteiger partial charge in [0.2, 0.25) is 0 Å². The number of benzene rings is 1. The highest BCUT2D eigenvalue weighted by molar-refractivity contribution is 9.11. The first-order valence-electron chi connectivity index (χ1n) is 6.37. The van der Waals surface area contributed by atoms with Crippen LogP contribution in [0.25, 0.3) is 0 Å². The lowest BCUT2D eigenvalue weighted by Gasteiger charge is -2.11. The molecule has 21 heavy (non-hydrogen) atoms. The van der Waals surface area contributed by atoms with Gasteiger partial charge in [-0.2, -0.15) is 0 Å². The zero-order valence-electron chi connectivity index (χ0n) is 12.0. The van der Waals surface area contributed by atoms with E-state index in [-0.39, 0.29) is 4.90 Å². The number of sulfonamides is 1. The van der Waals surface area contributed by atoms with Gasteiger partial charge in [0.15, 0.2) is 0 Å². The van der Waals surface area contributed by atoms with Crippen LogP contribution < -0.4 is 10.0 Å². The second-order valence-corrected chi connectivity index (χ2v) is 8.84. The summed E-state index contributed by atoms with van der Waals surface area (Å²) in [7, 11) is -1.77. The average Bonchev–Trinajstić information content (AvgIpc) is 2.77. The number of halogens is 1. The van der Waals surface area contributed by atoms with Crippen LogP contribution in [0.5, 0.6) is 0 Å². The summed E-state index contributed by atoms with van der Waals surface area (Å²) in [6, 6.07) is 7.27. The van der Waals surface area contributed by atoms with Gasteiger partial charge < -0.3 is 5.32 Å². The largest absolute Gasteiger partial charge is 0.315 e. The third kappa shape index (κ3) is 3.66. The number of aryl methyl sites for hydroxylation is 1. The van der Waals surface area contributed by atoms with E-state index in [9.17, 15) is 8.42 Å². The molecule has 0 saturated carbocycles. The molecule has 0 saturated heterocycles. The Kier molecular flexibility index (Phi) is 5.08. The Labute approximate surface area is 137 Å². The number of hydrogen-bond donors (Lipinski definition) is 2. The highest BCUT2D eigenvalue weighted by atomic mass is 79.9. The molecule has 1 aromatic heterocycles. The van der Waals surface area contributed by atoms with Crippen molar-refractivity contribution in [3.05, 3.63) is 44.1 Å². The van der Waals surface area contributed by atoms with E-state index in [0.29, 0.717) is 16.0 Å². The SMILES string of the molecule is CNCc1cc(S(=O)(=O)Nc2cccc(C)c2C)c(Br)s1. The van der Waals surface area contributed by atoms with E-state index in [2.05, 4.69) is 26.0 Å². The van der Waals surface area contributed by atoms with E-state index in [0.717, 1.165) is 16.0 Å². The van der Waals surface area contributed by atoms with E-state index in [1.165, 1.54) is 11.3 Å². The van der Waals surface area contributed by atoms with Gasteiger partial charge in [-0.3, -0.25) is 4.72 Å². The first-order chi connectivity index (χ1) is 9.85. The van der Waals surface area contributed by atoms with Crippen LogP contribution in [0.4, 0.5) is 5.69 Å². The van der Waals surface area contributed by atoms with Gasteiger partial charge in [0.05, 0.1) is 9.47 Å². The molecule has 2 rings (SSSR count). The minimum atomic E-state index is -3.59. The molecule has 0 radical (unpaired) electrons. The molecule has 7 heteroatoms. The van der Waals surface area contributed by atoms with Crippen molar-refractivity contribution in [3.8, 4) is 0 Å². The van der Waals surface area contributed by atoms with E-state index < -0.39 is 10.0 Å². The molecule has 1 heterocycles. The molecule has 0 bridgehead atoms. The summed E-state index contributed by atoms with van der Waals surface area (Å²) < 4.78 is 28.4. The Bertz CT molecular complexity index is 754. The van der Waals surface area contributed by atoms with E-state index in [1.807, 2.05) is 33.0 Å². The first-order valence-corrected chi connectivity index (χ1v) is 9.46. The predicted octanol–water partition coefficient (Wildman–Crippen LogP) is 3.65. The first kappa shape index (κ1) is 16.5. The summed E-state index contributed by atoms with van der Waals surface area (Å²) in [4.78, 5) is 1.24. The minimum Gasteiger partial charge on any atom is -0.315 e. The minimum absolute atomic E-state index is 0.277. The lowest BCUT2D eigenvalue weighted by atomic mass is 10.1. The summed E-state index contributed by atoms with van der Waals surface area (Å²) in [6.07, 6.45) is 0. The van der Waals surface area contributed by atoms with Crippen LogP contribution in [0.15, 0.2) is 32.9 Å². The van der Waals surface area contributed by atoms with Crippen molar-refractivity contribution >= 4 is 43.0 Å². The van der Waals surface area contributed by atoms with Crippen LogP contribution in [0.1, 0.15) is 16.0 Å². The van der Waals surface area contributed by atoms with Crippen molar-refractivity contribution in [1.29, 1.82) is 0 Å². The van der Waals surface area contributed by atoms with Crippen molar-refractivity contribution in [2.24, 2.45) is 0 Å². The summed E-state index contributed by atoms with van der Waals surface area (Å²) in [6.45, 7) is 4.50. The monoisotopic (exact) mass is 388 g/mol. The summed E-state index contributed by atoms with van der Waals surface area (Å²) in [5, 5.41) is 3.02. The summed E-state index contributed by atoms with van der Waals surface area (Å²) in [5.74, 6) is 0. The summed E-state index contributed by atoms with van der Waals surface area (Å²) >= 11 is 4.76. The lowest BCUT2D eigenvalue weighted by molar-refractivity contribution is 0.601. The van der Waals surface area contributed by atoms with E-state index >= 15 is 0 Å². The average molecular weight is 389 g/mol. The molecule has 0 fully saturated rings. The van der Waals surface area contributed by atoms with Gasteiger partial charge in [0, 0.05) is 11.4 Å². The van der Waals surface area contributed by atoms with Crippen molar-refractivity contribution in [2.75, 3.05) is 11.8 Å². The quantitative estimate of drug-likeness (QED) is 0.821. The Morgan fingerprint density at radius 2 is 2.00 bits per heavy atom. The van der Waals surface area contributed by atoms with Crippen LogP contribution in [-0.4, -0.2) is 15.5 Å². The smallest absolute Gasteiger partial charge is 0.263 e. The van der Waals surface area contributed by atoms with Gasteiger partial charge in [-0.1, -0.05) is 12.1 Å². The molecule has 0 amide bonds. The lowest BCUT2D eigenvalue weighted by Crippen LogP contribution is -2.14. The zero-order valence-corrected chi connectivity index (χ0v) is 15.2. The van der Waals surface area contributed by atoms with Gasteiger partial charge >= 0.3 is 0 Å². The highest BCUT2D eigenvalue weighted by Gasteiger charge is 2.21. The molecule has 0 atom stereocenters. The molecule has 2 N–H and O–H groups in total. The molecule has 0 aliphatic heterocycles. The molecular weight excluding hydrogens is 372 g/mol. The van der Waals surface area contributed by atoms with Crippen molar-refractivity contribution in [1.82, 2.24) is 5.32 Å². The second-order valence-electron chi connectivity index (χ2n) is 4.73. The number of anilines is 1. The second kappa shape index (κ2) is 6.48. The molecule has 0 spiro atoms. The van der Waals surface area contributed by atoms with Crippen LogP contribution in [0.3, 0.4) is 0 Å². The Hall–Kier alpha value is -0.890. The molecule has 4 nitrogen and oxygen atoms in total. The number of nitrogens with one attached hydrogen (secondary N) is 2. The van der Waals surface area contributed by atoms with Crippen LogP contribution in [-0.2, 0) is 16.6 Å². The van der Waals surface area contributed by atoms with Crippen molar-refractivity contribution in [2.45, 2.75) is 25.3 Å². The van der Waals surface area contributed by atoms with Crippen molar-refractivity contribution < 1.29 is 8.42 Å². The highest BCUT2D eigenvalue weighted by Crippen LogP contribution is 2.33. The molecule has 2 aromatic rings. The van der Waals surface area contributed by atoms with Gasteiger partial charge in [-0.15, -0.1) is 11.3 Å². The molecular formula is C14H17BrN2O2S2. The maximum absolute atomic E-state index is 12.5. The zero-order chi connectivity index (χ0) is 15.6. The molecule has 114 valence electrons. The fourth-order valence-electron chi connectivity index (χ4n) is 1.90. The number of hydrogen-bond acceptors (Lipinski definition) is 4. The van der Waals surface area contributed by atoms with Gasteiger partial charge in [0.25, 0.3) is 10.0 Å². The van der Waals surface area contributed by atoms with E-state index in [4.69, 9.17) is 0 Å². The maximum Gasteiger partial charge on any atom is 0.263 e. The van der Waals surface area contributed by atoms with Crippen LogP contribution >= 0.6 is 27.3 Å². The third-order valence-electron chi connectivity index (χ3n) is 3.20. The van der Waals surface area contributed by atoms with Gasteiger partial charge in [0.1, 0.15) is 4.90 Å². The summed E-state index contributed by atoms with van der Waals surface area (Å²) in [5.41, 5.74) is 2.60. The Balaban J connectivity index is 2.36. The maximum atomic E-state index is 12.5. The predicted molar refractivity (Wildman–Crippen MR) is 91.5 cm³/mol. The number of rotatable bonds is 5. The Morgan fingerprint density at radius 3 is 2.67 bits per heavy atom. The molecule has 1 aromatic carbocycles. The number of thiophene rings is 1. The molecule has 0 aliphatic carbocycles. The fourth-order valence-corrected chi connectivity index (χ4v) is 5.72. The van der Waals surface area contributed by atoms with Crippen LogP contribution in [0.2, 0.25) is 0 Å². The van der Waals surface area contributed by atoms with E-state index in [1.54, 1.807) is 12.1 Å².